The number of carbonyl (C=O) groups excluding carboxylic acids is 1. The third-order valence-electron chi connectivity index (χ3n) is 3.86. The van der Waals surface area contributed by atoms with E-state index in [4.69, 9.17) is 5.11 Å². The lowest BCUT2D eigenvalue weighted by molar-refractivity contribution is -0.144. The Morgan fingerprint density at radius 1 is 1.41 bits per heavy atom. The molecule has 1 saturated heterocycles. The third-order valence-corrected chi connectivity index (χ3v) is 4.55. The number of carboxylic acids is 1. The second-order valence-electron chi connectivity index (χ2n) is 5.32. The van der Waals surface area contributed by atoms with E-state index in [2.05, 4.69) is 21.2 Å². The third kappa shape index (κ3) is 4.69. The van der Waals surface area contributed by atoms with E-state index in [0.29, 0.717) is 13.0 Å². The summed E-state index contributed by atoms with van der Waals surface area (Å²) in [7, 11) is 0. The standard InChI is InChI=1S/C15H19BrN2O3.ClH/c1-10(18-8-4-5-11(9-18)15(20)21)14(19)17-13-7-3-2-6-12(13)16;/h2-3,6-7,10-11H,4-5,8-9H2,1H3,(H,17,19)(H,20,21);1H. The first-order chi connectivity index (χ1) is 9.99. The number of anilines is 1. The van der Waals surface area contributed by atoms with Crippen molar-refractivity contribution in [1.82, 2.24) is 4.90 Å². The summed E-state index contributed by atoms with van der Waals surface area (Å²) in [5.41, 5.74) is 0.723. The maximum atomic E-state index is 12.3. The number of rotatable bonds is 4. The van der Waals surface area contributed by atoms with Gasteiger partial charge >= 0.3 is 5.97 Å². The second-order valence-corrected chi connectivity index (χ2v) is 6.17. The van der Waals surface area contributed by atoms with Crippen LogP contribution in [0.1, 0.15) is 19.8 Å². The summed E-state index contributed by atoms with van der Waals surface area (Å²) in [6.07, 6.45) is 1.49. The number of likely N-dealkylation sites (tertiary alicyclic amines) is 1. The molecule has 1 aromatic rings. The summed E-state index contributed by atoms with van der Waals surface area (Å²) in [6, 6.07) is 7.07. The number of carboxylic acid groups (broad SMARTS) is 1. The average Bonchev–Trinajstić information content (AvgIpc) is 2.49. The molecule has 0 saturated carbocycles. The number of nitrogens with zero attached hydrogens (tertiary/aromatic N) is 1. The van der Waals surface area contributed by atoms with Crippen LogP contribution >= 0.6 is 28.3 Å². The minimum atomic E-state index is -0.780. The number of aliphatic carboxylic acids is 1. The van der Waals surface area contributed by atoms with Crippen LogP contribution < -0.4 is 5.32 Å². The van der Waals surface area contributed by atoms with Crippen LogP contribution in [0, 0.1) is 5.92 Å². The molecule has 1 aliphatic rings. The molecule has 1 heterocycles. The molecule has 1 aromatic carbocycles. The minimum absolute atomic E-state index is 0. The molecule has 0 bridgehead atoms. The zero-order valence-electron chi connectivity index (χ0n) is 12.3. The van der Waals surface area contributed by atoms with Gasteiger partial charge in [-0.2, -0.15) is 0 Å². The lowest BCUT2D eigenvalue weighted by Gasteiger charge is -2.34. The quantitative estimate of drug-likeness (QED) is 0.828. The highest BCUT2D eigenvalue weighted by Crippen LogP contribution is 2.23. The van der Waals surface area contributed by atoms with Crippen molar-refractivity contribution >= 4 is 45.9 Å². The van der Waals surface area contributed by atoms with Gasteiger partial charge in [0.15, 0.2) is 0 Å². The number of halogens is 2. The molecule has 122 valence electrons. The molecular weight excluding hydrogens is 372 g/mol. The van der Waals surface area contributed by atoms with Gasteiger partial charge in [-0.3, -0.25) is 14.5 Å². The van der Waals surface area contributed by atoms with Crippen LogP contribution in [-0.4, -0.2) is 41.0 Å². The summed E-state index contributed by atoms with van der Waals surface area (Å²) in [5.74, 6) is -1.27. The summed E-state index contributed by atoms with van der Waals surface area (Å²) >= 11 is 3.39. The van der Waals surface area contributed by atoms with Crippen molar-refractivity contribution in [1.29, 1.82) is 0 Å². The van der Waals surface area contributed by atoms with E-state index in [1.165, 1.54) is 0 Å². The molecule has 0 aromatic heterocycles. The lowest BCUT2D eigenvalue weighted by Crippen LogP contribution is -2.48. The number of hydrogen-bond donors (Lipinski definition) is 2. The number of amides is 1. The van der Waals surface area contributed by atoms with E-state index in [1.54, 1.807) is 0 Å². The Labute approximate surface area is 144 Å². The summed E-state index contributed by atoms with van der Waals surface area (Å²) in [5, 5.41) is 12.0. The molecule has 1 aliphatic heterocycles. The van der Waals surface area contributed by atoms with Crippen LogP contribution in [0.3, 0.4) is 0 Å². The first-order valence-electron chi connectivity index (χ1n) is 7.01. The van der Waals surface area contributed by atoms with Crippen LogP contribution in [0.25, 0.3) is 0 Å². The van der Waals surface area contributed by atoms with E-state index >= 15 is 0 Å². The van der Waals surface area contributed by atoms with E-state index in [0.717, 1.165) is 23.1 Å². The monoisotopic (exact) mass is 390 g/mol. The Balaban J connectivity index is 0.00000242. The van der Waals surface area contributed by atoms with Gasteiger partial charge < -0.3 is 10.4 Å². The van der Waals surface area contributed by atoms with Crippen molar-refractivity contribution in [2.45, 2.75) is 25.8 Å². The molecule has 0 radical (unpaired) electrons. The van der Waals surface area contributed by atoms with E-state index in [9.17, 15) is 9.59 Å². The molecular formula is C15H20BrClN2O3. The van der Waals surface area contributed by atoms with Crippen LogP contribution in [-0.2, 0) is 9.59 Å². The molecule has 2 unspecified atom stereocenters. The van der Waals surface area contributed by atoms with E-state index in [1.807, 2.05) is 36.1 Å². The zero-order chi connectivity index (χ0) is 15.4. The summed E-state index contributed by atoms with van der Waals surface area (Å²) in [4.78, 5) is 25.4. The normalized spacial score (nSPS) is 19.8. The molecule has 5 nitrogen and oxygen atoms in total. The highest BCUT2D eigenvalue weighted by atomic mass is 79.9. The van der Waals surface area contributed by atoms with E-state index < -0.39 is 5.97 Å². The maximum absolute atomic E-state index is 12.3. The molecule has 0 spiro atoms. The number of benzene rings is 1. The van der Waals surface area contributed by atoms with Crippen molar-refractivity contribution in [3.8, 4) is 0 Å². The first kappa shape index (κ1) is 18.9. The molecule has 1 fully saturated rings. The number of carbonyl (C=O) groups is 2. The predicted molar refractivity (Wildman–Crippen MR) is 91.4 cm³/mol. The van der Waals surface area contributed by atoms with Crippen LogP contribution in [0.2, 0.25) is 0 Å². The number of nitrogens with one attached hydrogen (secondary N) is 1. The van der Waals surface area contributed by atoms with Crippen LogP contribution in [0.5, 0.6) is 0 Å². The summed E-state index contributed by atoms with van der Waals surface area (Å²) < 4.78 is 0.826. The van der Waals surface area contributed by atoms with Gasteiger partial charge in [0.1, 0.15) is 0 Å². The van der Waals surface area contributed by atoms with Crippen molar-refractivity contribution in [3.63, 3.8) is 0 Å². The Morgan fingerprint density at radius 2 is 2.09 bits per heavy atom. The van der Waals surface area contributed by atoms with Gasteiger partial charge in [0.2, 0.25) is 5.91 Å². The van der Waals surface area contributed by atoms with Crippen molar-refractivity contribution < 1.29 is 14.7 Å². The fourth-order valence-corrected chi connectivity index (χ4v) is 2.91. The predicted octanol–water partition coefficient (Wildman–Crippen LogP) is 2.99. The molecule has 7 heteroatoms. The highest BCUT2D eigenvalue weighted by molar-refractivity contribution is 9.10. The molecule has 2 N–H and O–H groups in total. The van der Waals surface area contributed by atoms with Crippen LogP contribution in [0.4, 0.5) is 5.69 Å². The van der Waals surface area contributed by atoms with Crippen LogP contribution in [0.15, 0.2) is 28.7 Å². The fourth-order valence-electron chi connectivity index (χ4n) is 2.53. The smallest absolute Gasteiger partial charge is 0.307 e. The number of piperidine rings is 1. The minimum Gasteiger partial charge on any atom is -0.481 e. The second kappa shape index (κ2) is 8.50. The fraction of sp³-hybridized carbons (Fsp3) is 0.467. The molecule has 2 rings (SSSR count). The van der Waals surface area contributed by atoms with Gasteiger partial charge in [0.25, 0.3) is 0 Å². The van der Waals surface area contributed by atoms with Crippen molar-refractivity contribution in [3.05, 3.63) is 28.7 Å². The van der Waals surface area contributed by atoms with Gasteiger partial charge in [-0.25, -0.2) is 0 Å². The highest BCUT2D eigenvalue weighted by Gasteiger charge is 2.30. The van der Waals surface area contributed by atoms with E-state index in [-0.39, 0.29) is 30.3 Å². The molecule has 0 aliphatic carbocycles. The molecule has 1 amide bonds. The maximum Gasteiger partial charge on any atom is 0.307 e. The van der Waals surface area contributed by atoms with Gasteiger partial charge in [0.05, 0.1) is 17.6 Å². The summed E-state index contributed by atoms with van der Waals surface area (Å²) in [6.45, 7) is 3.00. The van der Waals surface area contributed by atoms with Crippen molar-refractivity contribution in [2.75, 3.05) is 18.4 Å². The Bertz CT molecular complexity index is 541. The van der Waals surface area contributed by atoms with Gasteiger partial charge in [-0.15, -0.1) is 12.4 Å². The number of hydrogen-bond acceptors (Lipinski definition) is 3. The van der Waals surface area contributed by atoms with Crippen molar-refractivity contribution in [2.24, 2.45) is 5.92 Å². The molecule has 22 heavy (non-hydrogen) atoms. The van der Waals surface area contributed by atoms with Gasteiger partial charge in [-0.05, 0) is 54.4 Å². The first-order valence-corrected chi connectivity index (χ1v) is 7.80. The van der Waals surface area contributed by atoms with Gasteiger partial charge in [0, 0.05) is 11.0 Å². The average molecular weight is 392 g/mol. The SMILES string of the molecule is CC(C(=O)Nc1ccccc1Br)N1CCCC(C(=O)O)C1.Cl. The Hall–Kier alpha value is -1.11. The lowest BCUT2D eigenvalue weighted by atomic mass is 9.97. The zero-order valence-corrected chi connectivity index (χ0v) is 14.7. The number of para-hydroxylation sites is 1. The van der Waals surface area contributed by atoms with Gasteiger partial charge in [-0.1, -0.05) is 12.1 Å². The topological polar surface area (TPSA) is 69.6 Å². The largest absolute Gasteiger partial charge is 0.481 e. The molecule has 2 atom stereocenters. The Kier molecular flexibility index (Phi) is 7.32. The Morgan fingerprint density at radius 3 is 2.73 bits per heavy atom.